The van der Waals surface area contributed by atoms with E-state index in [0.29, 0.717) is 6.54 Å². The van der Waals surface area contributed by atoms with Crippen molar-refractivity contribution in [2.75, 3.05) is 27.3 Å². The first-order chi connectivity index (χ1) is 10.6. The third-order valence-electron chi connectivity index (χ3n) is 5.22. The van der Waals surface area contributed by atoms with Crippen molar-refractivity contribution in [3.05, 3.63) is 35.4 Å². The summed E-state index contributed by atoms with van der Waals surface area (Å²) in [7, 11) is 3.34. The molecule has 2 aliphatic rings. The number of rotatable bonds is 5. The van der Waals surface area contributed by atoms with Gasteiger partial charge in [-0.25, -0.2) is 0 Å². The predicted octanol–water partition coefficient (Wildman–Crippen LogP) is 1.75. The Labute approximate surface area is 132 Å². The van der Waals surface area contributed by atoms with Crippen LogP contribution in [-0.4, -0.2) is 49.3 Å². The van der Waals surface area contributed by atoms with Crippen molar-refractivity contribution in [3.8, 4) is 0 Å². The van der Waals surface area contributed by atoms with Gasteiger partial charge in [-0.2, -0.15) is 0 Å². The van der Waals surface area contributed by atoms with Gasteiger partial charge in [-0.1, -0.05) is 24.3 Å². The Hall–Kier alpha value is -1.39. The second-order valence-electron chi connectivity index (χ2n) is 6.75. The van der Waals surface area contributed by atoms with E-state index in [9.17, 15) is 9.90 Å². The van der Waals surface area contributed by atoms with Crippen LogP contribution in [0.15, 0.2) is 24.3 Å². The number of carbonyl (C=O) groups is 1. The number of ether oxygens (including phenoxy) is 1. The van der Waals surface area contributed by atoms with Crippen LogP contribution in [-0.2, 0) is 21.4 Å². The fraction of sp³-hybridized carbons (Fsp3) is 0.611. The van der Waals surface area contributed by atoms with Crippen LogP contribution in [0, 0.1) is 5.92 Å². The van der Waals surface area contributed by atoms with Crippen molar-refractivity contribution in [2.24, 2.45) is 5.92 Å². The number of amides is 1. The molecule has 0 bridgehead atoms. The number of aryl methyl sites for hydroxylation is 1. The largest absolute Gasteiger partial charge is 0.389 e. The van der Waals surface area contributed by atoms with Gasteiger partial charge in [-0.3, -0.25) is 4.79 Å². The SMILES string of the molecule is COC[C@H](O)CN(C)C(=O)[C@H]1C[C@]12CCCc1ccccc12. The van der Waals surface area contributed by atoms with Crippen molar-refractivity contribution in [2.45, 2.75) is 37.2 Å². The zero-order valence-corrected chi connectivity index (χ0v) is 13.4. The normalized spacial score (nSPS) is 27.3. The van der Waals surface area contributed by atoms with E-state index in [1.807, 2.05) is 0 Å². The number of hydrogen-bond donors (Lipinski definition) is 1. The summed E-state index contributed by atoms with van der Waals surface area (Å²) in [6, 6.07) is 8.56. The summed E-state index contributed by atoms with van der Waals surface area (Å²) in [5.74, 6) is 0.237. The Kier molecular flexibility index (Phi) is 4.24. The van der Waals surface area contributed by atoms with Crippen LogP contribution in [0.3, 0.4) is 0 Å². The molecule has 1 N–H and O–H groups in total. The van der Waals surface area contributed by atoms with Gasteiger partial charge in [0.15, 0.2) is 0 Å². The van der Waals surface area contributed by atoms with Crippen molar-refractivity contribution < 1.29 is 14.6 Å². The molecular formula is C18H25NO3. The quantitative estimate of drug-likeness (QED) is 0.901. The van der Waals surface area contributed by atoms with E-state index in [1.165, 1.54) is 11.1 Å². The third-order valence-corrected chi connectivity index (χ3v) is 5.22. The maximum absolute atomic E-state index is 12.7. The van der Waals surface area contributed by atoms with Crippen LogP contribution in [0.4, 0.5) is 0 Å². The number of likely N-dealkylation sites (N-methyl/N-ethyl adjacent to an activating group) is 1. The topological polar surface area (TPSA) is 49.8 Å². The zero-order chi connectivity index (χ0) is 15.7. The van der Waals surface area contributed by atoms with Crippen LogP contribution in [0.5, 0.6) is 0 Å². The molecule has 1 aromatic rings. The first kappa shape index (κ1) is 15.5. The van der Waals surface area contributed by atoms with E-state index in [1.54, 1.807) is 19.1 Å². The highest BCUT2D eigenvalue weighted by Gasteiger charge is 2.60. The molecule has 22 heavy (non-hydrogen) atoms. The molecule has 0 aliphatic heterocycles. The fourth-order valence-corrected chi connectivity index (χ4v) is 4.07. The van der Waals surface area contributed by atoms with E-state index in [-0.39, 0.29) is 23.8 Å². The van der Waals surface area contributed by atoms with Crippen LogP contribution in [0.2, 0.25) is 0 Å². The number of benzene rings is 1. The third kappa shape index (κ3) is 2.66. The first-order valence-corrected chi connectivity index (χ1v) is 8.09. The Morgan fingerprint density at radius 2 is 2.27 bits per heavy atom. The summed E-state index contributed by atoms with van der Waals surface area (Å²) in [5, 5.41) is 9.81. The molecule has 3 rings (SSSR count). The lowest BCUT2D eigenvalue weighted by molar-refractivity contribution is -0.133. The molecular weight excluding hydrogens is 278 g/mol. The van der Waals surface area contributed by atoms with Gasteiger partial charge in [-0.05, 0) is 36.8 Å². The molecule has 1 amide bonds. The number of nitrogens with zero attached hydrogens (tertiary/aromatic N) is 1. The van der Waals surface area contributed by atoms with Crippen LogP contribution in [0.1, 0.15) is 30.4 Å². The minimum atomic E-state index is -0.618. The second kappa shape index (κ2) is 6.01. The number of fused-ring (bicyclic) bond motifs is 2. The van der Waals surface area contributed by atoms with Crippen LogP contribution >= 0.6 is 0 Å². The van der Waals surface area contributed by atoms with Crippen LogP contribution in [0.25, 0.3) is 0 Å². The molecule has 1 spiro atoms. The van der Waals surface area contributed by atoms with Gasteiger partial charge in [0, 0.05) is 32.0 Å². The molecule has 2 aliphatic carbocycles. The fourth-order valence-electron chi connectivity index (χ4n) is 4.07. The smallest absolute Gasteiger partial charge is 0.226 e. The number of aliphatic hydroxyl groups excluding tert-OH is 1. The van der Waals surface area contributed by atoms with Gasteiger partial charge in [0.25, 0.3) is 0 Å². The van der Waals surface area contributed by atoms with Gasteiger partial charge in [-0.15, -0.1) is 0 Å². The Morgan fingerprint density at radius 3 is 3.05 bits per heavy atom. The van der Waals surface area contributed by atoms with Gasteiger partial charge in [0.2, 0.25) is 5.91 Å². The lowest BCUT2D eigenvalue weighted by Gasteiger charge is -2.28. The Bertz CT molecular complexity index is 559. The highest BCUT2D eigenvalue weighted by atomic mass is 16.5. The number of methoxy groups -OCH3 is 1. The molecule has 3 atom stereocenters. The van der Waals surface area contributed by atoms with Gasteiger partial charge in [0.05, 0.1) is 12.7 Å². The average Bonchev–Trinajstić information content (AvgIpc) is 3.22. The predicted molar refractivity (Wildman–Crippen MR) is 84.7 cm³/mol. The maximum Gasteiger partial charge on any atom is 0.226 e. The molecule has 1 fully saturated rings. The lowest BCUT2D eigenvalue weighted by atomic mass is 9.78. The molecule has 4 heteroatoms. The molecule has 0 heterocycles. The molecule has 4 nitrogen and oxygen atoms in total. The second-order valence-corrected chi connectivity index (χ2v) is 6.75. The monoisotopic (exact) mass is 303 g/mol. The van der Waals surface area contributed by atoms with Gasteiger partial charge < -0.3 is 14.7 Å². The molecule has 0 radical (unpaired) electrons. The number of carbonyl (C=O) groups excluding carboxylic acids is 1. The van der Waals surface area contributed by atoms with Crippen molar-refractivity contribution in [3.63, 3.8) is 0 Å². The summed E-state index contributed by atoms with van der Waals surface area (Å²) >= 11 is 0. The molecule has 0 saturated heterocycles. The molecule has 0 aromatic heterocycles. The van der Waals surface area contributed by atoms with E-state index in [4.69, 9.17) is 4.74 Å². The van der Waals surface area contributed by atoms with E-state index < -0.39 is 6.10 Å². The highest BCUT2D eigenvalue weighted by Crippen LogP contribution is 2.60. The summed E-state index contributed by atoms with van der Waals surface area (Å²) < 4.78 is 4.93. The molecule has 0 unspecified atom stereocenters. The van der Waals surface area contributed by atoms with Crippen molar-refractivity contribution >= 4 is 5.91 Å². The Balaban J connectivity index is 1.70. The standard InChI is InChI=1S/C18H25NO3/c1-19(11-14(20)12-22-2)17(21)16-10-18(16)9-5-7-13-6-3-4-8-15(13)18/h3-4,6,8,14,16,20H,5,7,9-12H2,1-2H3/t14-,16-,18+/m1/s1. The van der Waals surface area contributed by atoms with Crippen molar-refractivity contribution in [1.29, 1.82) is 0 Å². The first-order valence-electron chi connectivity index (χ1n) is 8.09. The zero-order valence-electron chi connectivity index (χ0n) is 13.4. The van der Waals surface area contributed by atoms with Crippen molar-refractivity contribution in [1.82, 2.24) is 4.90 Å². The minimum Gasteiger partial charge on any atom is -0.389 e. The molecule has 1 aromatic carbocycles. The molecule has 120 valence electrons. The summed E-state index contributed by atoms with van der Waals surface area (Å²) in [6.07, 6.45) is 3.73. The summed E-state index contributed by atoms with van der Waals surface area (Å²) in [5.41, 5.74) is 2.85. The van der Waals surface area contributed by atoms with Gasteiger partial charge >= 0.3 is 0 Å². The maximum atomic E-state index is 12.7. The lowest BCUT2D eigenvalue weighted by Crippen LogP contribution is -2.38. The van der Waals surface area contributed by atoms with E-state index in [0.717, 1.165) is 25.7 Å². The highest BCUT2D eigenvalue weighted by molar-refractivity contribution is 5.84. The average molecular weight is 303 g/mol. The van der Waals surface area contributed by atoms with E-state index in [2.05, 4.69) is 24.3 Å². The van der Waals surface area contributed by atoms with E-state index >= 15 is 0 Å². The summed E-state index contributed by atoms with van der Waals surface area (Å²) in [6.45, 7) is 0.594. The van der Waals surface area contributed by atoms with Gasteiger partial charge in [0.1, 0.15) is 0 Å². The molecule has 1 saturated carbocycles. The van der Waals surface area contributed by atoms with Crippen LogP contribution < -0.4 is 0 Å². The minimum absolute atomic E-state index is 0.0619. The summed E-state index contributed by atoms with van der Waals surface area (Å²) in [4.78, 5) is 14.4. The number of hydrogen-bond acceptors (Lipinski definition) is 3. The number of aliphatic hydroxyl groups is 1. The Morgan fingerprint density at radius 1 is 1.50 bits per heavy atom.